The monoisotopic (exact) mass is 319 g/mol. The summed E-state index contributed by atoms with van der Waals surface area (Å²) >= 11 is 11.8. The van der Waals surface area contributed by atoms with E-state index in [2.05, 4.69) is 12.2 Å². The average Bonchev–Trinajstić information content (AvgIpc) is 2.83. The molecule has 2 atom stereocenters. The summed E-state index contributed by atoms with van der Waals surface area (Å²) in [6, 6.07) is 5.00. The second kappa shape index (κ2) is 6.96. The summed E-state index contributed by atoms with van der Waals surface area (Å²) in [5.74, 6) is 0.519. The molecule has 2 N–H and O–H groups in total. The van der Waals surface area contributed by atoms with Gasteiger partial charge in [-0.05, 0) is 31.5 Å². The van der Waals surface area contributed by atoms with E-state index in [1.807, 2.05) is 0 Å². The summed E-state index contributed by atoms with van der Waals surface area (Å²) in [5, 5.41) is 14.2. The van der Waals surface area contributed by atoms with Crippen molar-refractivity contribution in [2.75, 3.05) is 26.4 Å². The second-order valence-corrected chi connectivity index (χ2v) is 6.13. The maximum absolute atomic E-state index is 9.93. The smallest absolute Gasteiger partial charge is 0.138 e. The lowest BCUT2D eigenvalue weighted by atomic mass is 10.0. The maximum atomic E-state index is 9.93. The molecule has 1 heterocycles. The highest BCUT2D eigenvalue weighted by molar-refractivity contribution is 6.35. The van der Waals surface area contributed by atoms with Crippen molar-refractivity contribution in [1.82, 2.24) is 5.32 Å². The number of benzene rings is 1. The van der Waals surface area contributed by atoms with Crippen LogP contribution in [0.5, 0.6) is 5.75 Å². The van der Waals surface area contributed by atoms with Gasteiger partial charge >= 0.3 is 0 Å². The van der Waals surface area contributed by atoms with Gasteiger partial charge in [0.25, 0.3) is 0 Å². The lowest BCUT2D eigenvalue weighted by molar-refractivity contribution is 0.0945. The van der Waals surface area contributed by atoms with E-state index in [-0.39, 0.29) is 12.1 Å². The van der Waals surface area contributed by atoms with Crippen molar-refractivity contribution in [3.63, 3.8) is 0 Å². The first kappa shape index (κ1) is 15.9. The number of hydrogen-bond acceptors (Lipinski definition) is 4. The fourth-order valence-electron chi connectivity index (χ4n) is 2.01. The zero-order chi connectivity index (χ0) is 14.6. The largest absolute Gasteiger partial charge is 0.489 e. The van der Waals surface area contributed by atoms with E-state index in [0.29, 0.717) is 28.9 Å². The molecule has 1 aliphatic rings. The van der Waals surface area contributed by atoms with Gasteiger partial charge in [0.2, 0.25) is 0 Å². The van der Waals surface area contributed by atoms with Crippen molar-refractivity contribution >= 4 is 23.2 Å². The van der Waals surface area contributed by atoms with Crippen molar-refractivity contribution in [1.29, 1.82) is 0 Å². The molecule has 0 saturated carbocycles. The molecule has 4 nitrogen and oxygen atoms in total. The molecule has 0 aromatic heterocycles. The van der Waals surface area contributed by atoms with Crippen LogP contribution in [0, 0.1) is 0 Å². The van der Waals surface area contributed by atoms with Gasteiger partial charge in [-0.15, -0.1) is 0 Å². The molecule has 0 spiro atoms. The Kier molecular flexibility index (Phi) is 5.52. The average molecular weight is 320 g/mol. The molecule has 2 rings (SSSR count). The minimum Gasteiger partial charge on any atom is -0.489 e. The van der Waals surface area contributed by atoms with E-state index < -0.39 is 6.10 Å². The first-order valence-corrected chi connectivity index (χ1v) is 7.33. The SMILES string of the molecule is CC1(NCC(O)COc2ccc(Cl)cc2Cl)CCOC1. The van der Waals surface area contributed by atoms with Gasteiger partial charge in [-0.25, -0.2) is 0 Å². The summed E-state index contributed by atoms with van der Waals surface area (Å²) in [7, 11) is 0. The highest BCUT2D eigenvalue weighted by Crippen LogP contribution is 2.27. The number of rotatable bonds is 6. The van der Waals surface area contributed by atoms with Crippen LogP contribution in [-0.2, 0) is 4.74 Å². The maximum Gasteiger partial charge on any atom is 0.138 e. The van der Waals surface area contributed by atoms with Gasteiger partial charge in [0, 0.05) is 23.7 Å². The summed E-state index contributed by atoms with van der Waals surface area (Å²) in [6.45, 7) is 4.14. The molecule has 6 heteroatoms. The minimum absolute atomic E-state index is 0.0566. The Morgan fingerprint density at radius 2 is 2.30 bits per heavy atom. The van der Waals surface area contributed by atoms with Gasteiger partial charge in [-0.1, -0.05) is 23.2 Å². The Bertz CT molecular complexity index is 450. The van der Waals surface area contributed by atoms with E-state index in [9.17, 15) is 5.11 Å². The molecule has 0 bridgehead atoms. The Morgan fingerprint density at radius 3 is 2.95 bits per heavy atom. The van der Waals surface area contributed by atoms with E-state index in [1.165, 1.54) is 0 Å². The fourth-order valence-corrected chi connectivity index (χ4v) is 2.47. The summed E-state index contributed by atoms with van der Waals surface area (Å²) in [6.07, 6.45) is 0.336. The molecule has 1 aliphatic heterocycles. The van der Waals surface area contributed by atoms with Gasteiger partial charge in [0.05, 0.1) is 11.6 Å². The molecule has 0 amide bonds. The van der Waals surface area contributed by atoms with Crippen LogP contribution in [-0.4, -0.2) is 43.1 Å². The lowest BCUT2D eigenvalue weighted by Gasteiger charge is -2.25. The van der Waals surface area contributed by atoms with Crippen LogP contribution in [0.4, 0.5) is 0 Å². The molecular formula is C14H19Cl2NO3. The number of aliphatic hydroxyl groups excluding tert-OH is 1. The third kappa shape index (κ3) is 4.50. The number of halogens is 2. The molecule has 1 saturated heterocycles. The van der Waals surface area contributed by atoms with E-state index >= 15 is 0 Å². The standard InChI is InChI=1S/C14H19Cl2NO3/c1-14(4-5-19-9-14)17-7-11(18)8-20-13-3-2-10(15)6-12(13)16/h2-3,6,11,17-18H,4-5,7-9H2,1H3. The van der Waals surface area contributed by atoms with Crippen molar-refractivity contribution in [2.45, 2.75) is 25.0 Å². The molecule has 0 aliphatic carbocycles. The van der Waals surface area contributed by atoms with Crippen LogP contribution in [0.1, 0.15) is 13.3 Å². The van der Waals surface area contributed by atoms with Crippen LogP contribution < -0.4 is 10.1 Å². The van der Waals surface area contributed by atoms with Crippen molar-refractivity contribution in [3.05, 3.63) is 28.2 Å². The van der Waals surface area contributed by atoms with Crippen LogP contribution >= 0.6 is 23.2 Å². The number of ether oxygens (including phenoxy) is 2. The minimum atomic E-state index is -0.612. The third-order valence-electron chi connectivity index (χ3n) is 3.31. The van der Waals surface area contributed by atoms with Crippen LogP contribution in [0.3, 0.4) is 0 Å². The van der Waals surface area contributed by atoms with Crippen molar-refractivity contribution in [3.8, 4) is 5.75 Å². The van der Waals surface area contributed by atoms with E-state index in [0.717, 1.165) is 13.0 Å². The molecule has 2 unspecified atom stereocenters. The Hall–Kier alpha value is -0.520. The van der Waals surface area contributed by atoms with Gasteiger partial charge in [-0.2, -0.15) is 0 Å². The second-order valence-electron chi connectivity index (χ2n) is 5.28. The topological polar surface area (TPSA) is 50.7 Å². The summed E-state index contributed by atoms with van der Waals surface area (Å²) < 4.78 is 10.8. The number of β-amino-alcohol motifs (C(OH)–C–C–N with tert-alkyl or cyclic N) is 1. The van der Waals surface area contributed by atoms with Gasteiger partial charge < -0.3 is 19.9 Å². The zero-order valence-electron chi connectivity index (χ0n) is 11.4. The fraction of sp³-hybridized carbons (Fsp3) is 0.571. The Balaban J connectivity index is 1.75. The van der Waals surface area contributed by atoms with Crippen LogP contribution in [0.15, 0.2) is 18.2 Å². The van der Waals surface area contributed by atoms with Crippen LogP contribution in [0.2, 0.25) is 10.0 Å². The normalized spacial score (nSPS) is 23.8. The van der Waals surface area contributed by atoms with Gasteiger partial charge in [0.15, 0.2) is 0 Å². The molecule has 112 valence electrons. The lowest BCUT2D eigenvalue weighted by Crippen LogP contribution is -2.47. The van der Waals surface area contributed by atoms with E-state index in [1.54, 1.807) is 18.2 Å². The molecule has 1 fully saturated rings. The molecule has 1 aromatic carbocycles. The Labute approximate surface area is 129 Å². The van der Waals surface area contributed by atoms with Gasteiger partial charge in [0.1, 0.15) is 18.5 Å². The number of aliphatic hydroxyl groups is 1. The molecule has 1 aromatic rings. The van der Waals surface area contributed by atoms with Crippen LogP contribution in [0.25, 0.3) is 0 Å². The number of nitrogens with one attached hydrogen (secondary N) is 1. The Morgan fingerprint density at radius 1 is 1.50 bits per heavy atom. The van der Waals surface area contributed by atoms with Crippen molar-refractivity contribution in [2.24, 2.45) is 0 Å². The summed E-state index contributed by atoms with van der Waals surface area (Å²) in [4.78, 5) is 0. The van der Waals surface area contributed by atoms with E-state index in [4.69, 9.17) is 32.7 Å². The predicted molar refractivity (Wildman–Crippen MR) is 79.8 cm³/mol. The first-order chi connectivity index (χ1) is 9.48. The first-order valence-electron chi connectivity index (χ1n) is 6.57. The zero-order valence-corrected chi connectivity index (χ0v) is 12.9. The molecule has 20 heavy (non-hydrogen) atoms. The molecule has 0 radical (unpaired) electrons. The van der Waals surface area contributed by atoms with Crippen molar-refractivity contribution < 1.29 is 14.6 Å². The highest BCUT2D eigenvalue weighted by atomic mass is 35.5. The number of hydrogen-bond donors (Lipinski definition) is 2. The summed E-state index contributed by atoms with van der Waals surface area (Å²) in [5.41, 5.74) is -0.0566. The van der Waals surface area contributed by atoms with Gasteiger partial charge in [-0.3, -0.25) is 0 Å². The quantitative estimate of drug-likeness (QED) is 0.846. The molecular weight excluding hydrogens is 301 g/mol. The third-order valence-corrected chi connectivity index (χ3v) is 3.84. The predicted octanol–water partition coefficient (Wildman–Crippen LogP) is 2.50. The highest BCUT2D eigenvalue weighted by Gasteiger charge is 2.29.